The molecule has 0 N–H and O–H groups in total. The number of hydrogen-bond acceptors (Lipinski definition) is 1. The van der Waals surface area contributed by atoms with Crippen LogP contribution in [0.15, 0.2) is 0 Å². The minimum atomic E-state index is 0.681. The lowest BCUT2D eigenvalue weighted by atomic mass is 10.1. The summed E-state index contributed by atoms with van der Waals surface area (Å²) in [6.07, 6.45) is 4.09. The maximum atomic E-state index is 5.27. The van der Waals surface area contributed by atoms with Crippen molar-refractivity contribution in [2.45, 2.75) is 32.0 Å². The van der Waals surface area contributed by atoms with E-state index in [0.29, 0.717) is 12.2 Å². The van der Waals surface area contributed by atoms with E-state index >= 15 is 0 Å². The molecule has 0 spiro atoms. The Morgan fingerprint density at radius 2 is 2.29 bits per heavy atom. The summed E-state index contributed by atoms with van der Waals surface area (Å²) in [4.78, 5) is 0. The molecule has 3 unspecified atom stereocenters. The molecule has 1 aliphatic heterocycles. The molecule has 3 atom stereocenters. The molecule has 0 aromatic carbocycles. The van der Waals surface area contributed by atoms with Gasteiger partial charge in [-0.3, -0.25) is 0 Å². The monoisotopic (exact) mass is 98.1 g/mol. The average Bonchev–Trinajstić information content (AvgIpc) is 2.33. The van der Waals surface area contributed by atoms with Crippen LogP contribution in [0.4, 0.5) is 0 Å². The van der Waals surface area contributed by atoms with Crippen molar-refractivity contribution < 1.29 is 4.74 Å². The molecule has 1 saturated carbocycles. The van der Waals surface area contributed by atoms with E-state index in [4.69, 9.17) is 4.74 Å². The Morgan fingerprint density at radius 1 is 1.43 bits per heavy atom. The molecule has 1 saturated heterocycles. The van der Waals surface area contributed by atoms with Gasteiger partial charge in [0.15, 0.2) is 0 Å². The summed E-state index contributed by atoms with van der Waals surface area (Å²) in [5.74, 6) is 0.866. The second kappa shape index (κ2) is 1.03. The highest BCUT2D eigenvalue weighted by molar-refractivity contribution is 4.95. The fraction of sp³-hybridized carbons (Fsp3) is 1.00. The molecule has 1 heterocycles. The summed E-state index contributed by atoms with van der Waals surface area (Å²) in [6, 6.07) is 0. The van der Waals surface area contributed by atoms with E-state index in [9.17, 15) is 0 Å². The van der Waals surface area contributed by atoms with Gasteiger partial charge in [-0.1, -0.05) is 6.92 Å². The lowest BCUT2D eigenvalue weighted by molar-refractivity contribution is 0.276. The van der Waals surface area contributed by atoms with Crippen LogP contribution in [0.5, 0.6) is 0 Å². The second-order valence-electron chi connectivity index (χ2n) is 2.69. The van der Waals surface area contributed by atoms with Crippen LogP contribution in [-0.2, 0) is 4.74 Å². The van der Waals surface area contributed by atoms with Crippen LogP contribution in [0.25, 0.3) is 0 Å². The van der Waals surface area contributed by atoms with Gasteiger partial charge in [0.05, 0.1) is 12.2 Å². The molecule has 2 aliphatic rings. The maximum Gasteiger partial charge on any atom is 0.0867 e. The first-order valence-corrected chi connectivity index (χ1v) is 3.03. The van der Waals surface area contributed by atoms with Crippen molar-refractivity contribution in [2.75, 3.05) is 0 Å². The third-order valence-corrected chi connectivity index (χ3v) is 2.09. The lowest BCUT2D eigenvalue weighted by Gasteiger charge is -1.97. The smallest absolute Gasteiger partial charge is 0.0867 e. The van der Waals surface area contributed by atoms with Crippen molar-refractivity contribution in [3.8, 4) is 0 Å². The Bertz CT molecular complexity index is 90.2. The predicted octanol–water partition coefficient (Wildman–Crippen LogP) is 1.18. The van der Waals surface area contributed by atoms with Crippen LogP contribution in [0.2, 0.25) is 0 Å². The quantitative estimate of drug-likeness (QED) is 0.414. The van der Waals surface area contributed by atoms with Crippen molar-refractivity contribution >= 4 is 0 Å². The summed E-state index contributed by atoms with van der Waals surface area (Å²) in [7, 11) is 0. The molecule has 0 bridgehead atoms. The molecule has 1 aliphatic carbocycles. The topological polar surface area (TPSA) is 12.5 Å². The predicted molar refractivity (Wildman–Crippen MR) is 27.1 cm³/mol. The van der Waals surface area contributed by atoms with E-state index in [1.54, 1.807) is 0 Å². The minimum absolute atomic E-state index is 0.681. The highest BCUT2D eigenvalue weighted by Crippen LogP contribution is 2.42. The average molecular weight is 98.1 g/mol. The Labute approximate surface area is 43.7 Å². The zero-order valence-corrected chi connectivity index (χ0v) is 4.55. The molecule has 0 aromatic heterocycles. The fourth-order valence-corrected chi connectivity index (χ4v) is 1.48. The van der Waals surface area contributed by atoms with Crippen LogP contribution < -0.4 is 0 Å². The van der Waals surface area contributed by atoms with Gasteiger partial charge in [-0.15, -0.1) is 0 Å². The van der Waals surface area contributed by atoms with E-state index in [2.05, 4.69) is 6.92 Å². The SMILES string of the molecule is CC1CCC2OC12. The number of rotatable bonds is 0. The molecular weight excluding hydrogens is 88.1 g/mol. The third kappa shape index (κ3) is 0.418. The Morgan fingerprint density at radius 3 is 2.43 bits per heavy atom. The van der Waals surface area contributed by atoms with Gasteiger partial charge in [-0.25, -0.2) is 0 Å². The number of ether oxygens (including phenoxy) is 1. The van der Waals surface area contributed by atoms with E-state index in [-0.39, 0.29) is 0 Å². The van der Waals surface area contributed by atoms with Crippen molar-refractivity contribution in [3.63, 3.8) is 0 Å². The first-order chi connectivity index (χ1) is 3.38. The molecule has 1 nitrogen and oxygen atoms in total. The Kier molecular flexibility index (Phi) is 0.571. The number of epoxide rings is 1. The highest BCUT2D eigenvalue weighted by Gasteiger charge is 2.47. The largest absolute Gasteiger partial charge is 0.369 e. The molecule has 0 radical (unpaired) electrons. The van der Waals surface area contributed by atoms with Crippen molar-refractivity contribution in [3.05, 3.63) is 0 Å². The molecule has 7 heavy (non-hydrogen) atoms. The van der Waals surface area contributed by atoms with Gasteiger partial charge in [0.2, 0.25) is 0 Å². The zero-order chi connectivity index (χ0) is 4.85. The van der Waals surface area contributed by atoms with Crippen LogP contribution in [-0.4, -0.2) is 12.2 Å². The van der Waals surface area contributed by atoms with Gasteiger partial charge in [0, 0.05) is 0 Å². The summed E-state index contributed by atoms with van der Waals surface area (Å²) < 4.78 is 5.27. The van der Waals surface area contributed by atoms with Gasteiger partial charge in [0.1, 0.15) is 0 Å². The van der Waals surface area contributed by atoms with E-state index in [0.717, 1.165) is 5.92 Å². The molecule has 2 fully saturated rings. The van der Waals surface area contributed by atoms with Crippen LogP contribution in [0, 0.1) is 5.92 Å². The van der Waals surface area contributed by atoms with Gasteiger partial charge >= 0.3 is 0 Å². The highest BCUT2D eigenvalue weighted by atomic mass is 16.6. The molecule has 0 aromatic rings. The van der Waals surface area contributed by atoms with Crippen LogP contribution in [0.3, 0.4) is 0 Å². The van der Waals surface area contributed by atoms with Gasteiger partial charge in [0.25, 0.3) is 0 Å². The Hall–Kier alpha value is -0.0400. The van der Waals surface area contributed by atoms with Crippen molar-refractivity contribution in [2.24, 2.45) is 5.92 Å². The van der Waals surface area contributed by atoms with Crippen molar-refractivity contribution in [1.29, 1.82) is 0 Å². The van der Waals surface area contributed by atoms with E-state index < -0.39 is 0 Å². The van der Waals surface area contributed by atoms with Crippen LogP contribution in [0.1, 0.15) is 19.8 Å². The van der Waals surface area contributed by atoms with Crippen LogP contribution >= 0.6 is 0 Å². The fourth-order valence-electron chi connectivity index (χ4n) is 1.48. The lowest BCUT2D eigenvalue weighted by Crippen LogP contribution is -1.95. The molecule has 1 heteroatoms. The van der Waals surface area contributed by atoms with Gasteiger partial charge in [-0.05, 0) is 18.8 Å². The summed E-state index contributed by atoms with van der Waals surface area (Å²) in [5, 5.41) is 0. The maximum absolute atomic E-state index is 5.27. The standard InChI is InChI=1S/C6H10O/c1-4-2-3-5-6(4)7-5/h4-6H,2-3H2,1H3. The number of fused-ring (bicyclic) bond motifs is 1. The Balaban J connectivity index is 2.08. The second-order valence-corrected chi connectivity index (χ2v) is 2.69. The summed E-state index contributed by atoms with van der Waals surface area (Å²) >= 11 is 0. The van der Waals surface area contributed by atoms with Gasteiger partial charge in [-0.2, -0.15) is 0 Å². The first-order valence-electron chi connectivity index (χ1n) is 3.03. The molecule has 40 valence electrons. The van der Waals surface area contributed by atoms with E-state index in [1.165, 1.54) is 12.8 Å². The zero-order valence-electron chi connectivity index (χ0n) is 4.55. The summed E-state index contributed by atoms with van der Waals surface area (Å²) in [5.41, 5.74) is 0. The molecule has 2 rings (SSSR count). The number of hydrogen-bond donors (Lipinski definition) is 0. The van der Waals surface area contributed by atoms with Crippen molar-refractivity contribution in [1.82, 2.24) is 0 Å². The first kappa shape index (κ1) is 3.90. The third-order valence-electron chi connectivity index (χ3n) is 2.09. The molecular formula is C6H10O. The minimum Gasteiger partial charge on any atom is -0.369 e. The van der Waals surface area contributed by atoms with Gasteiger partial charge < -0.3 is 4.74 Å². The molecule has 0 amide bonds. The normalized spacial score (nSPS) is 57.0. The summed E-state index contributed by atoms with van der Waals surface area (Å²) in [6.45, 7) is 2.28. The van der Waals surface area contributed by atoms with E-state index in [1.807, 2.05) is 0 Å².